The van der Waals surface area contributed by atoms with Crippen molar-refractivity contribution in [2.75, 3.05) is 0 Å². The molecule has 130 valence electrons. The molecule has 25 heavy (non-hydrogen) atoms. The van der Waals surface area contributed by atoms with Gasteiger partial charge in [0.2, 0.25) is 5.91 Å². The Morgan fingerprint density at radius 1 is 1.28 bits per heavy atom. The first kappa shape index (κ1) is 16.9. The summed E-state index contributed by atoms with van der Waals surface area (Å²) in [6, 6.07) is 7.75. The molecule has 1 heterocycles. The Morgan fingerprint density at radius 3 is 2.68 bits per heavy atom. The van der Waals surface area contributed by atoms with Crippen LogP contribution in [0.15, 0.2) is 42.7 Å². The van der Waals surface area contributed by atoms with E-state index in [1.54, 1.807) is 24.4 Å². The zero-order chi connectivity index (χ0) is 17.8. The number of ether oxygens (including phenoxy) is 1. The van der Waals surface area contributed by atoms with E-state index in [2.05, 4.69) is 10.3 Å². The van der Waals surface area contributed by atoms with Crippen molar-refractivity contribution < 1.29 is 23.8 Å². The lowest BCUT2D eigenvalue weighted by Crippen LogP contribution is -2.43. The minimum absolute atomic E-state index is 0.0630. The van der Waals surface area contributed by atoms with E-state index in [4.69, 9.17) is 9.84 Å². The summed E-state index contributed by atoms with van der Waals surface area (Å²) in [4.78, 5) is 26.9. The minimum Gasteiger partial charge on any atom is -0.481 e. The molecule has 0 radical (unpaired) electrons. The van der Waals surface area contributed by atoms with Gasteiger partial charge >= 0.3 is 5.97 Å². The van der Waals surface area contributed by atoms with Gasteiger partial charge in [-0.25, -0.2) is 4.39 Å². The first-order valence-electron chi connectivity index (χ1n) is 7.91. The van der Waals surface area contributed by atoms with Crippen LogP contribution >= 0.6 is 0 Å². The third kappa shape index (κ3) is 3.93. The monoisotopic (exact) mass is 344 g/mol. The van der Waals surface area contributed by atoms with Crippen molar-refractivity contribution in [3.63, 3.8) is 0 Å². The first-order chi connectivity index (χ1) is 12.0. The van der Waals surface area contributed by atoms with Crippen LogP contribution in [0, 0.1) is 17.7 Å². The summed E-state index contributed by atoms with van der Waals surface area (Å²) < 4.78 is 19.5. The lowest BCUT2D eigenvalue weighted by Gasteiger charge is -2.31. The van der Waals surface area contributed by atoms with E-state index in [0.717, 1.165) is 0 Å². The summed E-state index contributed by atoms with van der Waals surface area (Å²) in [5, 5.41) is 11.6. The average Bonchev–Trinajstić information content (AvgIpc) is 2.54. The average molecular weight is 344 g/mol. The zero-order valence-electron chi connectivity index (χ0n) is 13.3. The highest BCUT2D eigenvalue weighted by atomic mass is 19.1. The number of hydrogen-bond donors (Lipinski definition) is 2. The Labute approximate surface area is 143 Å². The lowest BCUT2D eigenvalue weighted by atomic mass is 9.73. The van der Waals surface area contributed by atoms with Crippen LogP contribution < -0.4 is 10.1 Å². The van der Waals surface area contributed by atoms with E-state index in [9.17, 15) is 14.0 Å². The molecular weight excluding hydrogens is 327 g/mol. The molecule has 0 aliphatic heterocycles. The molecule has 1 fully saturated rings. The number of carboxylic acid groups (broad SMARTS) is 1. The number of halogens is 1. The molecule has 1 aliphatic rings. The van der Waals surface area contributed by atoms with Crippen LogP contribution in [0.1, 0.15) is 18.4 Å². The van der Waals surface area contributed by atoms with E-state index >= 15 is 0 Å². The van der Waals surface area contributed by atoms with Crippen LogP contribution in [0.4, 0.5) is 4.39 Å². The third-order valence-corrected chi connectivity index (χ3v) is 4.25. The molecule has 1 aromatic carbocycles. The van der Waals surface area contributed by atoms with Crippen LogP contribution in [0.2, 0.25) is 0 Å². The molecule has 1 aromatic heterocycles. The quantitative estimate of drug-likeness (QED) is 0.841. The summed E-state index contributed by atoms with van der Waals surface area (Å²) >= 11 is 0. The molecule has 0 saturated heterocycles. The van der Waals surface area contributed by atoms with Crippen molar-refractivity contribution in [3.8, 4) is 11.5 Å². The van der Waals surface area contributed by atoms with E-state index in [-0.39, 0.29) is 18.2 Å². The van der Waals surface area contributed by atoms with Gasteiger partial charge < -0.3 is 15.2 Å². The second kappa shape index (κ2) is 7.29. The molecule has 2 aromatic rings. The molecule has 0 spiro atoms. The standard InChI is InChI=1S/C18H17FN2O4/c19-15-8-11(3-6-16(15)25-12-2-1-7-20-10-12)9-21-17(22)13-4-5-14(13)18(23)24/h1-3,6-8,10,13-14H,4-5,9H2,(H,21,22)(H,23,24). The van der Waals surface area contributed by atoms with Gasteiger partial charge in [0.15, 0.2) is 11.6 Å². The van der Waals surface area contributed by atoms with E-state index in [1.807, 2.05) is 0 Å². The number of hydrogen-bond acceptors (Lipinski definition) is 4. The van der Waals surface area contributed by atoms with Crippen LogP contribution in [0.25, 0.3) is 0 Å². The Bertz CT molecular complexity index is 782. The highest BCUT2D eigenvalue weighted by Gasteiger charge is 2.41. The largest absolute Gasteiger partial charge is 0.481 e. The van der Waals surface area contributed by atoms with E-state index in [0.29, 0.717) is 24.2 Å². The normalized spacial score (nSPS) is 18.9. The number of pyridine rings is 1. The summed E-state index contributed by atoms with van der Waals surface area (Å²) in [6.07, 6.45) is 4.15. The third-order valence-electron chi connectivity index (χ3n) is 4.25. The van der Waals surface area contributed by atoms with Gasteiger partial charge in [-0.15, -0.1) is 0 Å². The van der Waals surface area contributed by atoms with Crippen molar-refractivity contribution in [1.82, 2.24) is 10.3 Å². The molecule has 2 atom stereocenters. The highest BCUT2D eigenvalue weighted by Crippen LogP contribution is 2.34. The van der Waals surface area contributed by atoms with Gasteiger partial charge in [0, 0.05) is 12.7 Å². The fraction of sp³-hybridized carbons (Fsp3) is 0.278. The number of carbonyl (C=O) groups is 2. The molecule has 7 heteroatoms. The topological polar surface area (TPSA) is 88.5 Å². The maximum atomic E-state index is 14.1. The van der Waals surface area contributed by atoms with Crippen LogP contribution in [-0.4, -0.2) is 22.0 Å². The van der Waals surface area contributed by atoms with Gasteiger partial charge in [0.25, 0.3) is 0 Å². The molecule has 6 nitrogen and oxygen atoms in total. The molecule has 3 rings (SSSR count). The van der Waals surface area contributed by atoms with Crippen molar-refractivity contribution >= 4 is 11.9 Å². The number of rotatable bonds is 6. The summed E-state index contributed by atoms with van der Waals surface area (Å²) in [5.74, 6) is -2.45. The maximum Gasteiger partial charge on any atom is 0.307 e. The predicted molar refractivity (Wildman–Crippen MR) is 86.4 cm³/mol. The zero-order valence-corrected chi connectivity index (χ0v) is 13.3. The summed E-state index contributed by atoms with van der Waals surface area (Å²) in [7, 11) is 0. The van der Waals surface area contributed by atoms with Gasteiger partial charge in [-0.2, -0.15) is 0 Å². The van der Waals surface area contributed by atoms with Crippen molar-refractivity contribution in [2.45, 2.75) is 19.4 Å². The number of nitrogens with zero attached hydrogens (tertiary/aromatic N) is 1. The number of carbonyl (C=O) groups excluding carboxylic acids is 1. The fourth-order valence-electron chi connectivity index (χ4n) is 2.70. The van der Waals surface area contributed by atoms with Crippen LogP contribution in [0.5, 0.6) is 11.5 Å². The molecule has 2 N–H and O–H groups in total. The highest BCUT2D eigenvalue weighted by molar-refractivity contribution is 5.86. The number of benzene rings is 1. The van der Waals surface area contributed by atoms with Gasteiger partial charge in [-0.3, -0.25) is 14.6 Å². The van der Waals surface area contributed by atoms with Crippen LogP contribution in [0.3, 0.4) is 0 Å². The second-order valence-electron chi connectivity index (χ2n) is 5.90. The maximum absolute atomic E-state index is 14.1. The molecule has 1 amide bonds. The Kier molecular flexibility index (Phi) is 4.92. The van der Waals surface area contributed by atoms with Gasteiger partial charge in [-0.1, -0.05) is 6.07 Å². The SMILES string of the molecule is O=C(O)C1CCC1C(=O)NCc1ccc(Oc2cccnc2)c(F)c1. The Hall–Kier alpha value is -2.96. The molecule has 1 saturated carbocycles. The van der Waals surface area contributed by atoms with Crippen molar-refractivity contribution in [1.29, 1.82) is 0 Å². The first-order valence-corrected chi connectivity index (χ1v) is 7.91. The molecule has 1 aliphatic carbocycles. The number of aliphatic carboxylic acids is 1. The number of carboxylic acids is 1. The minimum atomic E-state index is -0.950. The van der Waals surface area contributed by atoms with E-state index < -0.39 is 23.6 Å². The summed E-state index contributed by atoms with van der Waals surface area (Å²) in [5.41, 5.74) is 0.565. The molecule has 2 unspecified atom stereocenters. The smallest absolute Gasteiger partial charge is 0.307 e. The number of nitrogens with one attached hydrogen (secondary N) is 1. The molecule has 0 bridgehead atoms. The van der Waals surface area contributed by atoms with E-state index in [1.165, 1.54) is 18.3 Å². The number of amides is 1. The molecular formula is C18H17FN2O4. The lowest BCUT2D eigenvalue weighted by molar-refractivity contribution is -0.152. The van der Waals surface area contributed by atoms with Crippen molar-refractivity contribution in [2.24, 2.45) is 11.8 Å². The van der Waals surface area contributed by atoms with Crippen molar-refractivity contribution in [3.05, 3.63) is 54.1 Å². The number of aromatic nitrogens is 1. The van der Waals surface area contributed by atoms with Gasteiger partial charge in [0.1, 0.15) is 5.75 Å². The second-order valence-corrected chi connectivity index (χ2v) is 5.90. The van der Waals surface area contributed by atoms with Gasteiger partial charge in [-0.05, 0) is 42.7 Å². The fourth-order valence-corrected chi connectivity index (χ4v) is 2.70. The Balaban J connectivity index is 1.58. The van der Waals surface area contributed by atoms with Crippen LogP contribution in [-0.2, 0) is 16.1 Å². The predicted octanol–water partition coefficient (Wildman–Crippen LogP) is 2.74. The summed E-state index contributed by atoms with van der Waals surface area (Å²) in [6.45, 7) is 0.131. The Morgan fingerprint density at radius 2 is 2.08 bits per heavy atom. The van der Waals surface area contributed by atoms with Gasteiger partial charge in [0.05, 0.1) is 18.0 Å².